The van der Waals surface area contributed by atoms with Crippen LogP contribution in [-0.4, -0.2) is 43.2 Å². The lowest BCUT2D eigenvalue weighted by molar-refractivity contribution is -0.0698. The standard InChI is InChI=1S/C9H17F2NO/c1-3-13-6-8-4-5-12(8)7-9(2,10)11/h8H,3-7H2,1-2H3. The van der Waals surface area contributed by atoms with Crippen LogP contribution in [0.5, 0.6) is 0 Å². The summed E-state index contributed by atoms with van der Waals surface area (Å²) < 4.78 is 30.4. The predicted molar refractivity (Wildman–Crippen MR) is 47.1 cm³/mol. The van der Waals surface area contributed by atoms with Gasteiger partial charge < -0.3 is 4.74 Å². The van der Waals surface area contributed by atoms with Crippen LogP contribution in [0.25, 0.3) is 0 Å². The second-order valence-corrected chi connectivity index (χ2v) is 3.64. The quantitative estimate of drug-likeness (QED) is 0.659. The van der Waals surface area contributed by atoms with E-state index in [4.69, 9.17) is 4.74 Å². The molecule has 0 radical (unpaired) electrons. The molecule has 1 atom stereocenters. The summed E-state index contributed by atoms with van der Waals surface area (Å²) in [6.07, 6.45) is 0.982. The van der Waals surface area contributed by atoms with Gasteiger partial charge in [0.25, 0.3) is 5.92 Å². The average molecular weight is 193 g/mol. The third kappa shape index (κ3) is 3.56. The van der Waals surface area contributed by atoms with Gasteiger partial charge in [-0.05, 0) is 13.3 Å². The molecule has 1 rings (SSSR count). The Kier molecular flexibility index (Phi) is 3.62. The number of hydrogen-bond acceptors (Lipinski definition) is 2. The molecule has 13 heavy (non-hydrogen) atoms. The third-order valence-electron chi connectivity index (χ3n) is 2.26. The smallest absolute Gasteiger partial charge is 0.257 e. The molecule has 0 amide bonds. The highest BCUT2D eigenvalue weighted by Gasteiger charge is 2.34. The zero-order valence-corrected chi connectivity index (χ0v) is 8.22. The molecule has 1 saturated heterocycles. The largest absolute Gasteiger partial charge is 0.380 e. The van der Waals surface area contributed by atoms with E-state index in [1.807, 2.05) is 6.92 Å². The van der Waals surface area contributed by atoms with Crippen LogP contribution < -0.4 is 0 Å². The van der Waals surface area contributed by atoms with Crippen molar-refractivity contribution in [1.82, 2.24) is 4.90 Å². The van der Waals surface area contributed by atoms with Gasteiger partial charge >= 0.3 is 0 Å². The van der Waals surface area contributed by atoms with Crippen molar-refractivity contribution in [1.29, 1.82) is 0 Å². The molecule has 1 fully saturated rings. The Bertz CT molecular complexity index is 158. The first-order valence-electron chi connectivity index (χ1n) is 4.72. The first kappa shape index (κ1) is 10.9. The number of rotatable bonds is 5. The first-order valence-corrected chi connectivity index (χ1v) is 4.72. The maximum atomic E-state index is 12.6. The van der Waals surface area contributed by atoms with Gasteiger partial charge in [0, 0.05) is 26.1 Å². The van der Waals surface area contributed by atoms with Crippen molar-refractivity contribution in [2.45, 2.75) is 32.2 Å². The lowest BCUT2D eigenvalue weighted by atomic mass is 10.0. The lowest BCUT2D eigenvalue weighted by Crippen LogP contribution is -2.53. The molecular formula is C9H17F2NO. The molecule has 0 aliphatic carbocycles. The maximum absolute atomic E-state index is 12.6. The predicted octanol–water partition coefficient (Wildman–Crippen LogP) is 1.75. The molecule has 2 nitrogen and oxygen atoms in total. The molecule has 0 aromatic rings. The highest BCUT2D eigenvalue weighted by Crippen LogP contribution is 2.23. The number of nitrogens with zero attached hydrogens (tertiary/aromatic N) is 1. The number of ether oxygens (including phenoxy) is 1. The van der Waals surface area contributed by atoms with E-state index in [2.05, 4.69) is 0 Å². The maximum Gasteiger partial charge on any atom is 0.257 e. The normalized spacial score (nSPS) is 24.5. The molecule has 1 unspecified atom stereocenters. The molecule has 0 N–H and O–H groups in total. The summed E-state index contributed by atoms with van der Waals surface area (Å²) in [4.78, 5) is 1.79. The van der Waals surface area contributed by atoms with Crippen molar-refractivity contribution < 1.29 is 13.5 Å². The molecule has 0 spiro atoms. The summed E-state index contributed by atoms with van der Waals surface area (Å²) in [5, 5.41) is 0. The molecule has 0 bridgehead atoms. The molecule has 1 aliphatic rings. The Morgan fingerprint density at radius 3 is 2.62 bits per heavy atom. The van der Waals surface area contributed by atoms with Crippen molar-refractivity contribution in [3.63, 3.8) is 0 Å². The van der Waals surface area contributed by atoms with Crippen LogP contribution in [-0.2, 0) is 4.74 Å². The fourth-order valence-corrected chi connectivity index (χ4v) is 1.50. The van der Waals surface area contributed by atoms with Gasteiger partial charge in [-0.25, -0.2) is 8.78 Å². The van der Waals surface area contributed by atoms with Gasteiger partial charge in [0.1, 0.15) is 0 Å². The van der Waals surface area contributed by atoms with Crippen molar-refractivity contribution in [3.8, 4) is 0 Å². The highest BCUT2D eigenvalue weighted by atomic mass is 19.3. The van der Waals surface area contributed by atoms with Crippen LogP contribution >= 0.6 is 0 Å². The van der Waals surface area contributed by atoms with E-state index >= 15 is 0 Å². The second-order valence-electron chi connectivity index (χ2n) is 3.64. The zero-order valence-electron chi connectivity index (χ0n) is 8.22. The van der Waals surface area contributed by atoms with E-state index in [0.717, 1.165) is 19.9 Å². The van der Waals surface area contributed by atoms with Crippen LogP contribution in [0.1, 0.15) is 20.3 Å². The molecule has 1 aliphatic heterocycles. The SMILES string of the molecule is CCOCC1CCN1CC(C)(F)F. The minimum absolute atomic E-state index is 0.134. The Hall–Kier alpha value is -0.220. The van der Waals surface area contributed by atoms with Crippen LogP contribution in [0.3, 0.4) is 0 Å². The summed E-state index contributed by atoms with van der Waals surface area (Å²) in [6, 6.07) is 0.214. The molecule has 0 saturated carbocycles. The minimum Gasteiger partial charge on any atom is -0.380 e. The zero-order chi connectivity index (χ0) is 9.90. The summed E-state index contributed by atoms with van der Waals surface area (Å²) in [5.41, 5.74) is 0. The minimum atomic E-state index is -2.58. The second kappa shape index (κ2) is 4.33. The molecule has 1 heterocycles. The Balaban J connectivity index is 2.21. The van der Waals surface area contributed by atoms with Crippen molar-refractivity contribution in [2.24, 2.45) is 0 Å². The van der Waals surface area contributed by atoms with Crippen LogP contribution in [0, 0.1) is 0 Å². The van der Waals surface area contributed by atoms with Gasteiger partial charge in [0.2, 0.25) is 0 Å². The van der Waals surface area contributed by atoms with E-state index < -0.39 is 5.92 Å². The van der Waals surface area contributed by atoms with Crippen molar-refractivity contribution in [3.05, 3.63) is 0 Å². The van der Waals surface area contributed by atoms with Gasteiger partial charge in [-0.3, -0.25) is 4.90 Å². The van der Waals surface area contributed by atoms with Crippen LogP contribution in [0.2, 0.25) is 0 Å². The topological polar surface area (TPSA) is 12.5 Å². The Morgan fingerprint density at radius 2 is 2.23 bits per heavy atom. The highest BCUT2D eigenvalue weighted by molar-refractivity contribution is 4.85. The van der Waals surface area contributed by atoms with Crippen LogP contribution in [0.15, 0.2) is 0 Å². The van der Waals surface area contributed by atoms with E-state index in [-0.39, 0.29) is 12.6 Å². The molecular weight excluding hydrogens is 176 g/mol. The molecule has 0 aromatic carbocycles. The van der Waals surface area contributed by atoms with Crippen molar-refractivity contribution in [2.75, 3.05) is 26.3 Å². The first-order chi connectivity index (χ1) is 6.03. The van der Waals surface area contributed by atoms with E-state index in [1.54, 1.807) is 4.90 Å². The molecule has 0 aromatic heterocycles. The van der Waals surface area contributed by atoms with Crippen molar-refractivity contribution >= 4 is 0 Å². The lowest BCUT2D eigenvalue weighted by Gasteiger charge is -2.41. The summed E-state index contributed by atoms with van der Waals surface area (Å²) in [6.45, 7) is 4.77. The number of hydrogen-bond donors (Lipinski definition) is 0. The third-order valence-corrected chi connectivity index (χ3v) is 2.26. The van der Waals surface area contributed by atoms with Gasteiger partial charge in [-0.2, -0.15) is 0 Å². The van der Waals surface area contributed by atoms with Crippen LogP contribution in [0.4, 0.5) is 8.78 Å². The van der Waals surface area contributed by atoms with E-state index in [9.17, 15) is 8.78 Å². The summed E-state index contributed by atoms with van der Waals surface area (Å²) in [7, 11) is 0. The summed E-state index contributed by atoms with van der Waals surface area (Å²) in [5.74, 6) is -2.58. The van der Waals surface area contributed by atoms with E-state index in [1.165, 1.54) is 0 Å². The van der Waals surface area contributed by atoms with Gasteiger partial charge in [0.05, 0.1) is 13.2 Å². The number of alkyl halides is 2. The average Bonchev–Trinajstić information content (AvgIpc) is 1.98. The van der Waals surface area contributed by atoms with Gasteiger partial charge in [-0.15, -0.1) is 0 Å². The fourth-order valence-electron chi connectivity index (χ4n) is 1.50. The molecule has 78 valence electrons. The van der Waals surface area contributed by atoms with E-state index in [0.29, 0.717) is 13.2 Å². The molecule has 4 heteroatoms. The number of halogens is 2. The van der Waals surface area contributed by atoms with Gasteiger partial charge in [0.15, 0.2) is 0 Å². The fraction of sp³-hybridized carbons (Fsp3) is 1.00. The summed E-state index contributed by atoms with van der Waals surface area (Å²) >= 11 is 0. The number of likely N-dealkylation sites (tertiary alicyclic amines) is 1. The monoisotopic (exact) mass is 193 g/mol. The van der Waals surface area contributed by atoms with Gasteiger partial charge in [-0.1, -0.05) is 0 Å². The Labute approximate surface area is 77.9 Å². The Morgan fingerprint density at radius 1 is 1.54 bits per heavy atom.